The molecule has 4 nitrogen and oxygen atoms in total. The highest BCUT2D eigenvalue weighted by Crippen LogP contribution is 2.29. The Morgan fingerprint density at radius 1 is 1.11 bits per heavy atom. The smallest absolute Gasteiger partial charge is 0.146 e. The molecule has 0 aliphatic carbocycles. The summed E-state index contributed by atoms with van der Waals surface area (Å²) in [5.74, 6) is 0.541. The molecule has 0 unspecified atom stereocenters. The van der Waals surface area contributed by atoms with Crippen molar-refractivity contribution in [1.29, 1.82) is 0 Å². The van der Waals surface area contributed by atoms with Gasteiger partial charge in [0.05, 0.1) is 11.4 Å². The number of benzene rings is 1. The number of rotatable bonds is 1. The van der Waals surface area contributed by atoms with Crippen LogP contribution in [0.3, 0.4) is 0 Å². The van der Waals surface area contributed by atoms with Gasteiger partial charge in [-0.2, -0.15) is 5.10 Å². The largest absolute Gasteiger partial charge is 0.382 e. The van der Waals surface area contributed by atoms with Crippen molar-refractivity contribution in [2.24, 2.45) is 14.1 Å². The molecule has 0 atom stereocenters. The number of hydrogen-bond acceptors (Lipinski definition) is 2. The Balaban J connectivity index is 2.30. The topological polar surface area (TPSA) is 48.8 Å². The molecular formula is C13H13BrN4. The highest BCUT2D eigenvalue weighted by molar-refractivity contribution is 9.10. The number of anilines is 1. The fraction of sp³-hybridized carbons (Fsp3) is 0.154. The van der Waals surface area contributed by atoms with Gasteiger partial charge >= 0.3 is 0 Å². The second kappa shape index (κ2) is 3.88. The van der Waals surface area contributed by atoms with Crippen LogP contribution in [0.1, 0.15) is 0 Å². The molecule has 0 fully saturated rings. The highest BCUT2D eigenvalue weighted by Gasteiger charge is 2.12. The van der Waals surface area contributed by atoms with Gasteiger partial charge in [0.25, 0.3) is 0 Å². The number of hydrogen-bond donors (Lipinski definition) is 1. The first-order valence-electron chi connectivity index (χ1n) is 5.61. The Morgan fingerprint density at radius 3 is 2.56 bits per heavy atom. The minimum atomic E-state index is 0.541. The van der Waals surface area contributed by atoms with Gasteiger partial charge in [0, 0.05) is 35.5 Å². The van der Waals surface area contributed by atoms with Crippen LogP contribution in [0.4, 0.5) is 5.82 Å². The second-order valence-electron chi connectivity index (χ2n) is 4.37. The number of aromatic nitrogens is 3. The quantitative estimate of drug-likeness (QED) is 0.751. The van der Waals surface area contributed by atoms with Gasteiger partial charge in [-0.25, -0.2) is 0 Å². The fourth-order valence-corrected chi connectivity index (χ4v) is 2.63. The maximum Gasteiger partial charge on any atom is 0.146 e. The van der Waals surface area contributed by atoms with E-state index < -0.39 is 0 Å². The summed E-state index contributed by atoms with van der Waals surface area (Å²) in [5.41, 5.74) is 9.04. The van der Waals surface area contributed by atoms with Gasteiger partial charge < -0.3 is 10.3 Å². The summed E-state index contributed by atoms with van der Waals surface area (Å²) in [6.45, 7) is 0. The molecule has 0 aliphatic rings. The third-order valence-corrected chi connectivity index (χ3v) is 3.66. The van der Waals surface area contributed by atoms with Crippen molar-refractivity contribution in [2.45, 2.75) is 0 Å². The van der Waals surface area contributed by atoms with Gasteiger partial charge in [-0.3, -0.25) is 4.68 Å². The summed E-state index contributed by atoms with van der Waals surface area (Å²) in [6, 6.07) is 10.3. The van der Waals surface area contributed by atoms with E-state index in [1.165, 1.54) is 10.9 Å². The lowest BCUT2D eigenvalue weighted by molar-refractivity contribution is 0.772. The molecule has 0 spiro atoms. The molecule has 5 heteroatoms. The molecule has 0 bridgehead atoms. The van der Waals surface area contributed by atoms with E-state index in [9.17, 15) is 0 Å². The molecule has 2 N–H and O–H groups in total. The molecule has 0 amide bonds. The average molecular weight is 305 g/mol. The molecule has 0 saturated carbocycles. The molecule has 1 aromatic carbocycles. The summed E-state index contributed by atoms with van der Waals surface area (Å²) in [7, 11) is 3.95. The molecular weight excluding hydrogens is 292 g/mol. The van der Waals surface area contributed by atoms with Gasteiger partial charge in [-0.15, -0.1) is 0 Å². The van der Waals surface area contributed by atoms with Crippen molar-refractivity contribution in [3.8, 4) is 11.4 Å². The van der Waals surface area contributed by atoms with Crippen molar-refractivity contribution in [1.82, 2.24) is 14.3 Å². The van der Waals surface area contributed by atoms with Crippen molar-refractivity contribution in [3.05, 3.63) is 34.8 Å². The highest BCUT2D eigenvalue weighted by atomic mass is 79.9. The van der Waals surface area contributed by atoms with Crippen molar-refractivity contribution >= 4 is 32.7 Å². The van der Waals surface area contributed by atoms with E-state index >= 15 is 0 Å². The van der Waals surface area contributed by atoms with E-state index in [0.29, 0.717) is 5.82 Å². The number of nitrogens with two attached hydrogens (primary N) is 1. The van der Waals surface area contributed by atoms with Gasteiger partial charge in [0.2, 0.25) is 0 Å². The number of fused-ring (bicyclic) bond motifs is 1. The Hall–Kier alpha value is -1.75. The Morgan fingerprint density at radius 2 is 1.89 bits per heavy atom. The normalized spacial score (nSPS) is 11.3. The summed E-state index contributed by atoms with van der Waals surface area (Å²) < 4.78 is 5.03. The van der Waals surface area contributed by atoms with Crippen molar-refractivity contribution in [2.75, 3.05) is 5.73 Å². The standard InChI is InChI=1S/C13H13BrN4/c1-17-10-6-9(14)4-3-8(10)5-11(17)12-7-13(15)16-18(12)2/h3-7H,1-2H3,(H2,15,16). The molecule has 0 saturated heterocycles. The molecule has 3 rings (SSSR count). The molecule has 0 radical (unpaired) electrons. The summed E-state index contributed by atoms with van der Waals surface area (Å²) in [5, 5.41) is 5.39. The average Bonchev–Trinajstić information content (AvgIpc) is 2.80. The minimum absolute atomic E-state index is 0.541. The Labute approximate surface area is 113 Å². The van der Waals surface area contributed by atoms with Crippen LogP contribution >= 0.6 is 15.9 Å². The number of nitrogen functional groups attached to an aromatic ring is 1. The van der Waals surface area contributed by atoms with Crippen LogP contribution in [-0.4, -0.2) is 14.3 Å². The van der Waals surface area contributed by atoms with Crippen LogP contribution in [0.15, 0.2) is 34.8 Å². The zero-order valence-corrected chi connectivity index (χ0v) is 11.8. The first kappa shape index (κ1) is 11.3. The number of halogens is 1. The van der Waals surface area contributed by atoms with E-state index in [2.05, 4.69) is 43.8 Å². The van der Waals surface area contributed by atoms with E-state index in [1.54, 1.807) is 4.68 Å². The van der Waals surface area contributed by atoms with Crippen LogP contribution in [0, 0.1) is 0 Å². The predicted octanol–water partition coefficient (Wildman–Crippen LogP) is 2.92. The van der Waals surface area contributed by atoms with E-state index in [-0.39, 0.29) is 0 Å². The van der Waals surface area contributed by atoms with Gasteiger partial charge in [-0.05, 0) is 18.2 Å². The predicted molar refractivity (Wildman–Crippen MR) is 77.2 cm³/mol. The van der Waals surface area contributed by atoms with Crippen LogP contribution < -0.4 is 5.73 Å². The maximum absolute atomic E-state index is 5.74. The van der Waals surface area contributed by atoms with Crippen LogP contribution in [-0.2, 0) is 14.1 Å². The lowest BCUT2D eigenvalue weighted by Gasteiger charge is -2.04. The van der Waals surface area contributed by atoms with E-state index in [1.807, 2.05) is 26.2 Å². The maximum atomic E-state index is 5.74. The molecule has 2 aromatic heterocycles. The van der Waals surface area contributed by atoms with E-state index in [0.717, 1.165) is 15.9 Å². The SMILES string of the molecule is Cn1nc(N)cc1-c1cc2ccc(Br)cc2n1C. The van der Waals surface area contributed by atoms with Crippen LogP contribution in [0.25, 0.3) is 22.3 Å². The van der Waals surface area contributed by atoms with Gasteiger partial charge in [0.15, 0.2) is 0 Å². The van der Waals surface area contributed by atoms with Crippen molar-refractivity contribution in [3.63, 3.8) is 0 Å². The Kier molecular flexibility index (Phi) is 2.45. The second-order valence-corrected chi connectivity index (χ2v) is 5.29. The minimum Gasteiger partial charge on any atom is -0.382 e. The molecule has 18 heavy (non-hydrogen) atoms. The fourth-order valence-electron chi connectivity index (χ4n) is 2.28. The first-order valence-corrected chi connectivity index (χ1v) is 6.40. The molecule has 3 aromatic rings. The zero-order chi connectivity index (χ0) is 12.9. The van der Waals surface area contributed by atoms with Crippen LogP contribution in [0.2, 0.25) is 0 Å². The number of nitrogens with zero attached hydrogens (tertiary/aromatic N) is 3. The van der Waals surface area contributed by atoms with Crippen molar-refractivity contribution < 1.29 is 0 Å². The first-order chi connectivity index (χ1) is 8.56. The van der Waals surface area contributed by atoms with Gasteiger partial charge in [0.1, 0.15) is 5.82 Å². The third kappa shape index (κ3) is 1.62. The third-order valence-electron chi connectivity index (χ3n) is 3.17. The molecule has 2 heterocycles. The summed E-state index contributed by atoms with van der Waals surface area (Å²) in [6.07, 6.45) is 0. The zero-order valence-electron chi connectivity index (χ0n) is 10.2. The molecule has 0 aliphatic heterocycles. The monoisotopic (exact) mass is 304 g/mol. The molecule has 92 valence electrons. The van der Waals surface area contributed by atoms with E-state index in [4.69, 9.17) is 5.73 Å². The lowest BCUT2D eigenvalue weighted by atomic mass is 10.2. The summed E-state index contributed by atoms with van der Waals surface area (Å²) in [4.78, 5) is 0. The lowest BCUT2D eigenvalue weighted by Crippen LogP contribution is -1.98. The van der Waals surface area contributed by atoms with Crippen LogP contribution in [0.5, 0.6) is 0 Å². The summed E-state index contributed by atoms with van der Waals surface area (Å²) >= 11 is 3.50. The number of aryl methyl sites for hydroxylation is 2. The Bertz CT molecular complexity index is 739. The van der Waals surface area contributed by atoms with Gasteiger partial charge in [-0.1, -0.05) is 22.0 Å².